The van der Waals surface area contributed by atoms with Gasteiger partial charge in [-0.1, -0.05) is 12.1 Å². The van der Waals surface area contributed by atoms with Crippen molar-refractivity contribution in [2.45, 2.75) is 19.5 Å². The third-order valence-corrected chi connectivity index (χ3v) is 4.34. The van der Waals surface area contributed by atoms with Crippen LogP contribution < -0.4 is 14.8 Å². The topological polar surface area (TPSA) is 46.6 Å². The maximum atomic E-state index is 5.61. The summed E-state index contributed by atoms with van der Waals surface area (Å²) in [6, 6.07) is 10.7. The van der Waals surface area contributed by atoms with E-state index < -0.39 is 0 Å². The molecular formula is C19H26ClN3O2. The lowest BCUT2D eigenvalue weighted by molar-refractivity contribution is 0.153. The van der Waals surface area contributed by atoms with E-state index in [-0.39, 0.29) is 12.4 Å². The van der Waals surface area contributed by atoms with Gasteiger partial charge in [-0.2, -0.15) is 0 Å². The molecule has 3 rings (SSSR count). The van der Waals surface area contributed by atoms with E-state index in [4.69, 9.17) is 9.47 Å². The Balaban J connectivity index is 0.00000225. The highest BCUT2D eigenvalue weighted by atomic mass is 35.5. The van der Waals surface area contributed by atoms with Crippen LogP contribution in [0, 0.1) is 0 Å². The quantitative estimate of drug-likeness (QED) is 0.854. The van der Waals surface area contributed by atoms with Crippen LogP contribution in [0.25, 0.3) is 0 Å². The molecule has 1 saturated heterocycles. The number of hydrogen-bond donors (Lipinski definition) is 1. The molecule has 25 heavy (non-hydrogen) atoms. The molecule has 2 heterocycles. The molecule has 0 radical (unpaired) electrons. The number of hydrogen-bond acceptors (Lipinski definition) is 5. The number of benzene rings is 1. The monoisotopic (exact) mass is 363 g/mol. The Labute approximate surface area is 155 Å². The lowest BCUT2D eigenvalue weighted by Gasteiger charge is -2.36. The smallest absolute Gasteiger partial charge is 0.161 e. The Kier molecular flexibility index (Phi) is 7.50. The van der Waals surface area contributed by atoms with Crippen LogP contribution in [0.5, 0.6) is 11.5 Å². The SMILES string of the molecule is CCOc1ccc(CN2CCNCC2c2cccnc2)cc1OC.Cl. The van der Waals surface area contributed by atoms with Gasteiger partial charge < -0.3 is 14.8 Å². The predicted octanol–water partition coefficient (Wildman–Crippen LogP) is 3.06. The van der Waals surface area contributed by atoms with Gasteiger partial charge >= 0.3 is 0 Å². The van der Waals surface area contributed by atoms with Crippen molar-refractivity contribution >= 4 is 12.4 Å². The molecule has 1 aromatic carbocycles. The van der Waals surface area contributed by atoms with Crippen LogP contribution in [0.2, 0.25) is 0 Å². The van der Waals surface area contributed by atoms with Gasteiger partial charge in [0.2, 0.25) is 0 Å². The normalized spacial score (nSPS) is 17.6. The predicted molar refractivity (Wildman–Crippen MR) is 102 cm³/mol. The second-order valence-electron chi connectivity index (χ2n) is 5.89. The van der Waals surface area contributed by atoms with Gasteiger partial charge in [0.1, 0.15) is 0 Å². The molecule has 1 aliphatic heterocycles. The highest BCUT2D eigenvalue weighted by molar-refractivity contribution is 5.85. The summed E-state index contributed by atoms with van der Waals surface area (Å²) in [6.45, 7) is 6.45. The minimum Gasteiger partial charge on any atom is -0.493 e. The van der Waals surface area contributed by atoms with E-state index >= 15 is 0 Å². The minimum absolute atomic E-state index is 0. The summed E-state index contributed by atoms with van der Waals surface area (Å²) in [4.78, 5) is 6.76. The average Bonchev–Trinajstić information content (AvgIpc) is 2.64. The van der Waals surface area contributed by atoms with Gasteiger partial charge in [-0.05, 0) is 36.2 Å². The van der Waals surface area contributed by atoms with Gasteiger partial charge in [-0.25, -0.2) is 0 Å². The van der Waals surface area contributed by atoms with Gasteiger partial charge in [-0.3, -0.25) is 9.88 Å². The Bertz CT molecular complexity index is 654. The van der Waals surface area contributed by atoms with E-state index in [0.29, 0.717) is 12.6 Å². The minimum atomic E-state index is 0. The molecule has 5 nitrogen and oxygen atoms in total. The summed E-state index contributed by atoms with van der Waals surface area (Å²) in [5, 5.41) is 3.48. The van der Waals surface area contributed by atoms with Crippen LogP contribution in [0.4, 0.5) is 0 Å². The van der Waals surface area contributed by atoms with Crippen LogP contribution in [0.3, 0.4) is 0 Å². The number of ether oxygens (including phenoxy) is 2. The zero-order chi connectivity index (χ0) is 16.8. The summed E-state index contributed by atoms with van der Waals surface area (Å²) in [5.41, 5.74) is 2.48. The molecule has 1 unspecified atom stereocenters. The first-order valence-corrected chi connectivity index (χ1v) is 8.46. The number of nitrogens with zero attached hydrogens (tertiary/aromatic N) is 2. The molecule has 0 spiro atoms. The molecule has 1 aromatic heterocycles. The van der Waals surface area contributed by atoms with Crippen molar-refractivity contribution in [3.05, 3.63) is 53.9 Å². The van der Waals surface area contributed by atoms with E-state index in [2.05, 4.69) is 33.4 Å². The number of pyridine rings is 1. The Morgan fingerprint density at radius 3 is 2.88 bits per heavy atom. The molecule has 2 aromatic rings. The molecule has 0 amide bonds. The highest BCUT2D eigenvalue weighted by Gasteiger charge is 2.24. The molecule has 1 aliphatic rings. The fourth-order valence-corrected chi connectivity index (χ4v) is 3.16. The van der Waals surface area contributed by atoms with Crippen molar-refractivity contribution in [3.63, 3.8) is 0 Å². The molecule has 0 saturated carbocycles. The largest absolute Gasteiger partial charge is 0.493 e. The fraction of sp³-hybridized carbons (Fsp3) is 0.421. The summed E-state index contributed by atoms with van der Waals surface area (Å²) < 4.78 is 11.1. The second kappa shape index (κ2) is 9.61. The van der Waals surface area contributed by atoms with Crippen LogP contribution in [0.15, 0.2) is 42.7 Å². The van der Waals surface area contributed by atoms with Crippen LogP contribution in [-0.4, -0.2) is 43.2 Å². The van der Waals surface area contributed by atoms with Gasteiger partial charge in [0, 0.05) is 44.6 Å². The summed E-state index contributed by atoms with van der Waals surface area (Å²) in [6.07, 6.45) is 3.78. The van der Waals surface area contributed by atoms with E-state index in [1.54, 1.807) is 7.11 Å². The van der Waals surface area contributed by atoms with Crippen molar-refractivity contribution in [2.24, 2.45) is 0 Å². The second-order valence-corrected chi connectivity index (χ2v) is 5.89. The number of rotatable bonds is 6. The van der Waals surface area contributed by atoms with Gasteiger partial charge in [0.25, 0.3) is 0 Å². The summed E-state index contributed by atoms with van der Waals surface area (Å²) in [7, 11) is 1.69. The van der Waals surface area contributed by atoms with E-state index in [0.717, 1.165) is 37.7 Å². The molecular weight excluding hydrogens is 338 g/mol. The fourth-order valence-electron chi connectivity index (χ4n) is 3.16. The van der Waals surface area contributed by atoms with Gasteiger partial charge in [0.15, 0.2) is 11.5 Å². The van der Waals surface area contributed by atoms with E-state index in [9.17, 15) is 0 Å². The van der Waals surface area contributed by atoms with Crippen molar-refractivity contribution in [1.82, 2.24) is 15.2 Å². The van der Waals surface area contributed by atoms with Crippen LogP contribution in [-0.2, 0) is 6.54 Å². The number of halogens is 1. The molecule has 6 heteroatoms. The summed E-state index contributed by atoms with van der Waals surface area (Å²) >= 11 is 0. The van der Waals surface area contributed by atoms with Gasteiger partial charge in [-0.15, -0.1) is 12.4 Å². The lowest BCUT2D eigenvalue weighted by atomic mass is 10.0. The Morgan fingerprint density at radius 2 is 2.16 bits per heavy atom. The zero-order valence-electron chi connectivity index (χ0n) is 14.8. The van der Waals surface area contributed by atoms with Crippen LogP contribution >= 0.6 is 12.4 Å². The first-order chi connectivity index (χ1) is 11.8. The van der Waals surface area contributed by atoms with Crippen molar-refractivity contribution in [1.29, 1.82) is 0 Å². The van der Waals surface area contributed by atoms with Crippen molar-refractivity contribution in [2.75, 3.05) is 33.4 Å². The highest BCUT2D eigenvalue weighted by Crippen LogP contribution is 2.30. The number of nitrogens with one attached hydrogen (secondary N) is 1. The van der Waals surface area contributed by atoms with E-state index in [1.165, 1.54) is 11.1 Å². The third-order valence-electron chi connectivity index (χ3n) is 4.34. The first-order valence-electron chi connectivity index (χ1n) is 8.46. The zero-order valence-corrected chi connectivity index (χ0v) is 15.6. The molecule has 1 fully saturated rings. The van der Waals surface area contributed by atoms with E-state index in [1.807, 2.05) is 31.5 Å². The maximum Gasteiger partial charge on any atom is 0.161 e. The molecule has 1 atom stereocenters. The van der Waals surface area contributed by atoms with Crippen LogP contribution in [0.1, 0.15) is 24.1 Å². The molecule has 0 bridgehead atoms. The number of aromatic nitrogens is 1. The van der Waals surface area contributed by atoms with Crippen molar-refractivity contribution in [3.8, 4) is 11.5 Å². The summed E-state index contributed by atoms with van der Waals surface area (Å²) in [5.74, 6) is 1.59. The third kappa shape index (κ3) is 4.84. The Hall–Kier alpha value is -1.82. The first kappa shape index (κ1) is 19.5. The standard InChI is InChI=1S/C19H25N3O2.ClH/c1-3-24-18-7-6-15(11-19(18)23-2)14-22-10-9-21-13-17(22)16-5-4-8-20-12-16;/h4-8,11-12,17,21H,3,9-10,13-14H2,1-2H3;1H. The number of piperazine rings is 1. The molecule has 0 aliphatic carbocycles. The number of methoxy groups -OCH3 is 1. The maximum absolute atomic E-state index is 5.61. The van der Waals surface area contributed by atoms with Crippen molar-refractivity contribution < 1.29 is 9.47 Å². The average molecular weight is 364 g/mol. The molecule has 1 N–H and O–H groups in total. The Morgan fingerprint density at radius 1 is 1.28 bits per heavy atom. The van der Waals surface area contributed by atoms with Gasteiger partial charge in [0.05, 0.1) is 13.7 Å². The molecule has 136 valence electrons. The lowest BCUT2D eigenvalue weighted by Crippen LogP contribution is -2.45.